The van der Waals surface area contributed by atoms with Gasteiger partial charge in [-0.25, -0.2) is 0 Å². The lowest BCUT2D eigenvalue weighted by atomic mass is 9.36. The van der Waals surface area contributed by atoms with Gasteiger partial charge >= 0.3 is 0 Å². The molecule has 328 valence electrons. The van der Waals surface area contributed by atoms with Crippen molar-refractivity contribution in [2.45, 2.75) is 77.9 Å². The van der Waals surface area contributed by atoms with Crippen LogP contribution in [0.1, 0.15) is 75.3 Å². The highest BCUT2D eigenvalue weighted by Gasteiger charge is 2.40. The highest BCUT2D eigenvalue weighted by atomic mass is 32.2. The highest BCUT2D eigenvalue weighted by Crippen LogP contribution is 2.47. The van der Waals surface area contributed by atoms with Crippen LogP contribution in [-0.4, -0.2) is 6.71 Å². The van der Waals surface area contributed by atoms with Crippen LogP contribution in [0, 0.1) is 0 Å². The van der Waals surface area contributed by atoms with Gasteiger partial charge in [0.1, 0.15) is 0 Å². The maximum atomic E-state index is 2.52. The predicted octanol–water partition coefficient (Wildman–Crippen LogP) is 16.2. The number of rotatable bonds is 8. The Bertz CT molecular complexity index is 3410. The molecular formula is C65H53BS2. The normalized spacial score (nSPS) is 13.1. The molecule has 10 aromatic rings. The van der Waals surface area contributed by atoms with Crippen LogP contribution in [-0.2, 0) is 10.8 Å². The Morgan fingerprint density at radius 3 is 1.21 bits per heavy atom. The molecule has 0 atom stereocenters. The molecule has 12 rings (SSSR count). The third kappa shape index (κ3) is 7.08. The van der Waals surface area contributed by atoms with Crippen LogP contribution in [0.25, 0.3) is 54.9 Å². The van der Waals surface area contributed by atoms with Gasteiger partial charge in [0.05, 0.1) is 0 Å². The zero-order valence-electron chi connectivity index (χ0n) is 39.6. The fraction of sp³-hybridized carbons (Fsp3) is 0.138. The van der Waals surface area contributed by atoms with Gasteiger partial charge in [-0.15, -0.1) is 0 Å². The third-order valence-corrected chi connectivity index (χ3v) is 17.4. The minimum atomic E-state index is -0.149. The Labute approximate surface area is 411 Å². The maximum absolute atomic E-state index is 2.52. The summed E-state index contributed by atoms with van der Waals surface area (Å²) in [7, 11) is 0. The molecule has 0 nitrogen and oxygen atoms in total. The second-order valence-corrected chi connectivity index (χ2v) is 22.4. The summed E-state index contributed by atoms with van der Waals surface area (Å²) >= 11 is 3.93. The number of benzene rings is 10. The second kappa shape index (κ2) is 16.6. The first kappa shape index (κ1) is 42.8. The first-order valence-electron chi connectivity index (χ1n) is 24.1. The van der Waals surface area contributed by atoms with Crippen LogP contribution in [0.5, 0.6) is 0 Å². The van der Waals surface area contributed by atoms with Crippen LogP contribution in [0.15, 0.2) is 226 Å². The van der Waals surface area contributed by atoms with Crippen LogP contribution < -0.4 is 16.4 Å². The van der Waals surface area contributed by atoms with Crippen molar-refractivity contribution in [3.8, 4) is 33.4 Å². The average Bonchev–Trinajstić information content (AvgIpc) is 3.37. The molecule has 0 aliphatic carbocycles. The van der Waals surface area contributed by atoms with E-state index >= 15 is 0 Å². The largest absolute Gasteiger partial charge is 0.247 e. The average molecular weight is 909 g/mol. The maximum Gasteiger partial charge on any atom is 0.247 e. The van der Waals surface area contributed by atoms with Crippen LogP contribution in [0.2, 0.25) is 0 Å². The molecule has 0 radical (unpaired) electrons. The SMILES string of the molecule is CC(C)c1cc(-c2cc3c4c(c2)Sc2cc(C(C)(C)c5ccccc5)ccc2B4c2ccc(C(C)(C)c4ccccc4)cc2S3)cc(-c2c3ccccc3c(-c3ccccc3)c3ccccc23)c1. The molecule has 2 aliphatic rings. The van der Waals surface area contributed by atoms with Crippen molar-refractivity contribution in [2.75, 3.05) is 0 Å². The van der Waals surface area contributed by atoms with E-state index < -0.39 is 0 Å². The molecule has 0 bridgehead atoms. The summed E-state index contributed by atoms with van der Waals surface area (Å²) < 4.78 is 0. The Morgan fingerprint density at radius 1 is 0.353 bits per heavy atom. The van der Waals surface area contributed by atoms with Crippen LogP contribution in [0.3, 0.4) is 0 Å². The number of hydrogen-bond donors (Lipinski definition) is 0. The first-order valence-corrected chi connectivity index (χ1v) is 25.8. The molecule has 3 heteroatoms. The fourth-order valence-corrected chi connectivity index (χ4v) is 13.7. The molecule has 68 heavy (non-hydrogen) atoms. The van der Waals surface area contributed by atoms with E-state index in [-0.39, 0.29) is 17.5 Å². The van der Waals surface area contributed by atoms with E-state index in [0.29, 0.717) is 5.92 Å². The Morgan fingerprint density at radius 2 is 0.750 bits per heavy atom. The monoisotopic (exact) mass is 908 g/mol. The van der Waals surface area contributed by atoms with E-state index in [1.54, 1.807) is 0 Å². The van der Waals surface area contributed by atoms with Crippen molar-refractivity contribution in [3.05, 3.63) is 234 Å². The van der Waals surface area contributed by atoms with Crippen molar-refractivity contribution < 1.29 is 0 Å². The van der Waals surface area contributed by atoms with Gasteiger partial charge in [-0.1, -0.05) is 252 Å². The smallest absolute Gasteiger partial charge is 0.0911 e. The summed E-state index contributed by atoms with van der Waals surface area (Å²) in [5.41, 5.74) is 18.3. The van der Waals surface area contributed by atoms with Crippen molar-refractivity contribution in [3.63, 3.8) is 0 Å². The summed E-state index contributed by atoms with van der Waals surface area (Å²) in [5.74, 6) is 0.343. The van der Waals surface area contributed by atoms with Crippen molar-refractivity contribution in [1.82, 2.24) is 0 Å². The minimum absolute atomic E-state index is 0.141. The summed E-state index contributed by atoms with van der Waals surface area (Å²) in [4.78, 5) is 5.42. The lowest BCUT2D eigenvalue weighted by molar-refractivity contribution is 0.639. The van der Waals surface area contributed by atoms with Crippen molar-refractivity contribution >= 4 is 68.2 Å². The predicted molar refractivity (Wildman–Crippen MR) is 295 cm³/mol. The summed E-state index contributed by atoms with van der Waals surface area (Å²) in [5, 5.41) is 5.12. The van der Waals surface area contributed by atoms with Crippen molar-refractivity contribution in [1.29, 1.82) is 0 Å². The molecular weight excluding hydrogens is 856 g/mol. The van der Waals surface area contributed by atoms with Crippen molar-refractivity contribution in [2.24, 2.45) is 0 Å². The van der Waals surface area contributed by atoms with Gasteiger partial charge in [0.25, 0.3) is 0 Å². The summed E-state index contributed by atoms with van der Waals surface area (Å²) in [6.07, 6.45) is 0. The van der Waals surface area contributed by atoms with E-state index in [1.807, 2.05) is 23.5 Å². The number of fused-ring (bicyclic) bond motifs is 6. The lowest BCUT2D eigenvalue weighted by Crippen LogP contribution is -2.58. The van der Waals surface area contributed by atoms with E-state index in [4.69, 9.17) is 0 Å². The second-order valence-electron chi connectivity index (χ2n) is 20.2. The number of hydrogen-bond acceptors (Lipinski definition) is 2. The van der Waals surface area contributed by atoms with Gasteiger partial charge in [0, 0.05) is 30.4 Å². The molecule has 0 spiro atoms. The zero-order chi connectivity index (χ0) is 46.3. The molecule has 0 saturated heterocycles. The molecule has 0 unspecified atom stereocenters. The van der Waals surface area contributed by atoms with Crippen LogP contribution in [0.4, 0.5) is 0 Å². The standard InChI is InChI=1S/C65H53BS2/c1-41(2)43-34-44(36-46(35-43)62-53-28-18-16-26-51(53)61(42-20-10-7-11-21-42)52-27-17-19-29-54(52)62)45-37-59-63-60(38-45)68-58-40-50(65(5,6)48-24-14-9-15-25-48)31-33-56(58)66(63)55-32-30-49(39-57(55)67-59)64(3,4)47-22-12-8-13-23-47/h7-41H,1-6H3. The van der Waals surface area contributed by atoms with Crippen LogP contribution >= 0.6 is 23.5 Å². The molecule has 10 aromatic carbocycles. The molecule has 0 N–H and O–H groups in total. The van der Waals surface area contributed by atoms with Gasteiger partial charge in [-0.05, 0) is 124 Å². The Hall–Kier alpha value is -6.52. The molecule has 0 saturated carbocycles. The Kier molecular flexibility index (Phi) is 10.5. The zero-order valence-corrected chi connectivity index (χ0v) is 41.2. The van der Waals surface area contributed by atoms with Gasteiger partial charge in [-0.2, -0.15) is 0 Å². The van der Waals surface area contributed by atoms with E-state index in [2.05, 4.69) is 248 Å². The van der Waals surface area contributed by atoms with E-state index in [0.717, 1.165) is 0 Å². The summed E-state index contributed by atoms with van der Waals surface area (Å²) in [6, 6.07) is 78.1. The fourth-order valence-electron chi connectivity index (χ4n) is 11.1. The summed E-state index contributed by atoms with van der Waals surface area (Å²) in [6.45, 7) is 14.3. The van der Waals surface area contributed by atoms with Gasteiger partial charge < -0.3 is 0 Å². The lowest BCUT2D eigenvalue weighted by Gasteiger charge is -2.36. The molecule has 2 heterocycles. The molecule has 0 fully saturated rings. The molecule has 0 amide bonds. The van der Waals surface area contributed by atoms with Gasteiger partial charge in [-0.3, -0.25) is 0 Å². The van der Waals surface area contributed by atoms with E-state index in [1.165, 1.54) is 119 Å². The quantitative estimate of drug-likeness (QED) is 0.110. The van der Waals surface area contributed by atoms with Gasteiger partial charge in [0.15, 0.2) is 0 Å². The topological polar surface area (TPSA) is 0 Å². The molecule has 0 aromatic heterocycles. The Balaban J connectivity index is 1.06. The third-order valence-electron chi connectivity index (χ3n) is 15.2. The minimum Gasteiger partial charge on any atom is -0.0911 e. The highest BCUT2D eigenvalue weighted by molar-refractivity contribution is 8.01. The molecule has 2 aliphatic heterocycles. The van der Waals surface area contributed by atoms with Gasteiger partial charge in [0.2, 0.25) is 6.71 Å². The van der Waals surface area contributed by atoms with E-state index in [9.17, 15) is 0 Å². The first-order chi connectivity index (χ1) is 33.0.